The topological polar surface area (TPSA) is 46.2 Å². The van der Waals surface area contributed by atoms with E-state index in [2.05, 4.69) is 4.72 Å². The molecule has 0 radical (unpaired) electrons. The molecule has 4 aromatic carbocycles. The minimum Gasteiger partial charge on any atom is -0.279 e. The zero-order valence-corrected chi connectivity index (χ0v) is 17.9. The number of rotatable bonds is 5. The molecule has 0 heterocycles. The molecule has 0 aromatic heterocycles. The van der Waals surface area contributed by atoms with E-state index in [-0.39, 0.29) is 4.90 Å². The van der Waals surface area contributed by atoms with Crippen LogP contribution in [0.1, 0.15) is 16.7 Å². The van der Waals surface area contributed by atoms with E-state index in [4.69, 9.17) is 11.6 Å². The molecular weight excluding hydrogens is 414 g/mol. The SMILES string of the molecule is Cc1ccc(S(=O)(=O)Nc2cccc3cccc(/C=C/c4ccc(Cl)cc4)c23)cc1. The van der Waals surface area contributed by atoms with Gasteiger partial charge in [0.15, 0.2) is 0 Å². The van der Waals surface area contributed by atoms with Gasteiger partial charge in [0.25, 0.3) is 10.0 Å². The summed E-state index contributed by atoms with van der Waals surface area (Å²) in [6, 6.07) is 25.9. The molecule has 3 nitrogen and oxygen atoms in total. The van der Waals surface area contributed by atoms with Crippen LogP contribution in [0.25, 0.3) is 22.9 Å². The minimum absolute atomic E-state index is 0.235. The second-order valence-corrected chi connectivity index (χ2v) is 9.17. The monoisotopic (exact) mass is 433 g/mol. The van der Waals surface area contributed by atoms with Crippen molar-refractivity contribution in [2.24, 2.45) is 0 Å². The number of nitrogens with one attached hydrogen (secondary N) is 1. The number of fused-ring (bicyclic) bond motifs is 1. The van der Waals surface area contributed by atoms with Crippen LogP contribution in [0.5, 0.6) is 0 Å². The molecule has 0 atom stereocenters. The fraction of sp³-hybridized carbons (Fsp3) is 0.0400. The maximum absolute atomic E-state index is 12.9. The second-order valence-electron chi connectivity index (χ2n) is 7.05. The van der Waals surface area contributed by atoms with Gasteiger partial charge in [0.1, 0.15) is 0 Å². The number of hydrogen-bond acceptors (Lipinski definition) is 2. The van der Waals surface area contributed by atoms with E-state index in [1.54, 1.807) is 30.3 Å². The van der Waals surface area contributed by atoms with Crippen LogP contribution in [-0.2, 0) is 10.0 Å². The fourth-order valence-corrected chi connectivity index (χ4v) is 4.47. The summed E-state index contributed by atoms with van der Waals surface area (Å²) in [5.74, 6) is 0. The highest BCUT2D eigenvalue weighted by molar-refractivity contribution is 7.92. The van der Waals surface area contributed by atoms with Gasteiger partial charge in [-0.3, -0.25) is 4.72 Å². The van der Waals surface area contributed by atoms with Gasteiger partial charge in [-0.05, 0) is 53.8 Å². The van der Waals surface area contributed by atoms with Crippen LogP contribution in [0.4, 0.5) is 5.69 Å². The molecule has 0 spiro atoms. The van der Waals surface area contributed by atoms with Gasteiger partial charge in [-0.1, -0.05) is 83.9 Å². The van der Waals surface area contributed by atoms with Gasteiger partial charge in [0, 0.05) is 10.4 Å². The van der Waals surface area contributed by atoms with Crippen LogP contribution in [0.3, 0.4) is 0 Å². The van der Waals surface area contributed by atoms with Crippen LogP contribution in [0.2, 0.25) is 5.02 Å². The van der Waals surface area contributed by atoms with E-state index in [0.717, 1.165) is 27.5 Å². The van der Waals surface area contributed by atoms with Gasteiger partial charge in [-0.2, -0.15) is 0 Å². The molecule has 30 heavy (non-hydrogen) atoms. The van der Waals surface area contributed by atoms with E-state index in [9.17, 15) is 8.42 Å². The van der Waals surface area contributed by atoms with Crippen molar-refractivity contribution in [2.45, 2.75) is 11.8 Å². The highest BCUT2D eigenvalue weighted by Gasteiger charge is 2.16. The van der Waals surface area contributed by atoms with Crippen molar-refractivity contribution in [1.29, 1.82) is 0 Å². The van der Waals surface area contributed by atoms with Crippen LogP contribution >= 0.6 is 11.6 Å². The predicted octanol–water partition coefficient (Wildman–Crippen LogP) is 6.77. The smallest absolute Gasteiger partial charge is 0.261 e. The van der Waals surface area contributed by atoms with Gasteiger partial charge < -0.3 is 0 Å². The molecule has 0 aliphatic carbocycles. The summed E-state index contributed by atoms with van der Waals surface area (Å²) in [7, 11) is -3.70. The van der Waals surface area contributed by atoms with E-state index in [0.29, 0.717) is 10.7 Å². The van der Waals surface area contributed by atoms with Crippen molar-refractivity contribution >= 4 is 50.2 Å². The molecule has 0 fully saturated rings. The lowest BCUT2D eigenvalue weighted by atomic mass is 10.0. The Kier molecular flexibility index (Phi) is 5.62. The molecule has 5 heteroatoms. The zero-order chi connectivity index (χ0) is 21.1. The molecule has 0 unspecified atom stereocenters. The van der Waals surface area contributed by atoms with Crippen molar-refractivity contribution in [2.75, 3.05) is 4.72 Å². The third-order valence-electron chi connectivity index (χ3n) is 4.84. The van der Waals surface area contributed by atoms with Gasteiger partial charge in [0.2, 0.25) is 0 Å². The molecule has 0 aliphatic heterocycles. The molecule has 1 N–H and O–H groups in total. The number of aryl methyl sites for hydroxylation is 1. The molecule has 0 saturated heterocycles. The molecule has 0 bridgehead atoms. The van der Waals surface area contributed by atoms with E-state index in [1.807, 2.05) is 73.7 Å². The molecule has 0 saturated carbocycles. The van der Waals surface area contributed by atoms with Crippen LogP contribution in [0.15, 0.2) is 89.8 Å². The second kappa shape index (κ2) is 8.34. The first kappa shape index (κ1) is 20.2. The van der Waals surface area contributed by atoms with Crippen LogP contribution in [0, 0.1) is 6.92 Å². The average molecular weight is 434 g/mol. The molecule has 4 aromatic rings. The summed E-state index contributed by atoms with van der Waals surface area (Å²) >= 11 is 5.96. The number of sulfonamides is 1. The van der Waals surface area contributed by atoms with E-state index in [1.165, 1.54) is 0 Å². The summed E-state index contributed by atoms with van der Waals surface area (Å²) in [6.07, 6.45) is 3.96. The lowest BCUT2D eigenvalue weighted by molar-refractivity contribution is 0.601. The quantitative estimate of drug-likeness (QED) is 0.353. The lowest BCUT2D eigenvalue weighted by Crippen LogP contribution is -2.13. The van der Waals surface area contributed by atoms with Crippen molar-refractivity contribution in [3.8, 4) is 0 Å². The first-order valence-electron chi connectivity index (χ1n) is 9.47. The largest absolute Gasteiger partial charge is 0.279 e. The fourth-order valence-electron chi connectivity index (χ4n) is 3.27. The Morgan fingerprint density at radius 3 is 2.17 bits per heavy atom. The first-order chi connectivity index (χ1) is 14.4. The molecule has 0 amide bonds. The van der Waals surface area contributed by atoms with Gasteiger partial charge in [0.05, 0.1) is 10.6 Å². The number of benzene rings is 4. The Hall–Kier alpha value is -3.08. The van der Waals surface area contributed by atoms with Crippen molar-refractivity contribution in [3.05, 3.63) is 107 Å². The third-order valence-corrected chi connectivity index (χ3v) is 6.47. The van der Waals surface area contributed by atoms with Gasteiger partial charge in [-0.25, -0.2) is 8.42 Å². The summed E-state index contributed by atoms with van der Waals surface area (Å²) in [5.41, 5.74) is 3.48. The standard InChI is InChI=1S/C25H20ClNO2S/c1-18-8-16-23(17-9-18)30(28,29)27-24-7-3-6-20-4-2-5-21(25(20)24)13-10-19-11-14-22(26)15-12-19/h2-17,27H,1H3/b13-10+. The van der Waals surface area contributed by atoms with Crippen LogP contribution in [-0.4, -0.2) is 8.42 Å². The summed E-state index contributed by atoms with van der Waals surface area (Å²) in [5, 5.41) is 2.49. The zero-order valence-electron chi connectivity index (χ0n) is 16.3. The number of hydrogen-bond donors (Lipinski definition) is 1. The van der Waals surface area contributed by atoms with Gasteiger partial charge >= 0.3 is 0 Å². The Morgan fingerprint density at radius 2 is 1.47 bits per heavy atom. The summed E-state index contributed by atoms with van der Waals surface area (Å²) in [4.78, 5) is 0.235. The lowest BCUT2D eigenvalue weighted by Gasteiger charge is -2.13. The maximum Gasteiger partial charge on any atom is 0.261 e. The average Bonchev–Trinajstić information content (AvgIpc) is 2.73. The molecule has 150 valence electrons. The van der Waals surface area contributed by atoms with Crippen molar-refractivity contribution < 1.29 is 8.42 Å². The Labute approximate surface area is 181 Å². The summed E-state index contributed by atoms with van der Waals surface area (Å²) < 4.78 is 28.6. The number of halogens is 1. The van der Waals surface area contributed by atoms with Crippen molar-refractivity contribution in [3.63, 3.8) is 0 Å². The van der Waals surface area contributed by atoms with E-state index < -0.39 is 10.0 Å². The van der Waals surface area contributed by atoms with Gasteiger partial charge in [-0.15, -0.1) is 0 Å². The maximum atomic E-state index is 12.9. The van der Waals surface area contributed by atoms with Crippen molar-refractivity contribution in [1.82, 2.24) is 0 Å². The Morgan fingerprint density at radius 1 is 0.800 bits per heavy atom. The molecule has 4 rings (SSSR count). The third kappa shape index (κ3) is 4.40. The minimum atomic E-state index is -3.70. The highest BCUT2D eigenvalue weighted by Crippen LogP contribution is 2.30. The highest BCUT2D eigenvalue weighted by atomic mass is 35.5. The predicted molar refractivity (Wildman–Crippen MR) is 126 cm³/mol. The first-order valence-corrected chi connectivity index (χ1v) is 11.3. The molecular formula is C25H20ClNO2S. The summed E-state index contributed by atoms with van der Waals surface area (Å²) in [6.45, 7) is 1.92. The normalized spacial score (nSPS) is 11.8. The van der Waals surface area contributed by atoms with Crippen LogP contribution < -0.4 is 4.72 Å². The Bertz CT molecular complexity index is 1320. The Balaban J connectivity index is 1.75. The number of anilines is 1. The van der Waals surface area contributed by atoms with E-state index >= 15 is 0 Å². The molecule has 0 aliphatic rings.